The number of rotatable bonds is 5. The summed E-state index contributed by atoms with van der Waals surface area (Å²) >= 11 is 5.95. The van der Waals surface area contributed by atoms with Gasteiger partial charge in [-0.15, -0.1) is 0 Å². The van der Waals surface area contributed by atoms with Crippen molar-refractivity contribution in [3.05, 3.63) is 28.8 Å². The number of benzene rings is 1. The third-order valence-electron chi connectivity index (χ3n) is 2.93. The molecule has 0 aliphatic heterocycles. The molecule has 0 atom stereocenters. The van der Waals surface area contributed by atoms with Gasteiger partial charge >= 0.3 is 5.97 Å². The van der Waals surface area contributed by atoms with Gasteiger partial charge in [0.1, 0.15) is 6.42 Å². The number of anilines is 1. The van der Waals surface area contributed by atoms with Crippen LogP contribution in [-0.2, 0) is 14.3 Å². The van der Waals surface area contributed by atoms with Gasteiger partial charge in [0.05, 0.1) is 23.4 Å². The molecule has 1 fully saturated rings. The predicted molar refractivity (Wildman–Crippen MR) is 77.2 cm³/mol. The minimum absolute atomic E-state index is 0.205. The fraction of sp³-hybridized carbons (Fsp3) is 0.357. The van der Waals surface area contributed by atoms with Crippen LogP contribution in [-0.4, -0.2) is 30.9 Å². The molecule has 1 aromatic rings. The van der Waals surface area contributed by atoms with Crippen molar-refractivity contribution in [1.29, 1.82) is 0 Å². The van der Waals surface area contributed by atoms with Crippen molar-refractivity contribution in [3.63, 3.8) is 0 Å². The van der Waals surface area contributed by atoms with E-state index < -0.39 is 11.9 Å². The molecule has 2 rings (SSSR count). The molecular formula is C14H15ClN2O4. The van der Waals surface area contributed by atoms with Gasteiger partial charge < -0.3 is 15.4 Å². The number of methoxy groups -OCH3 is 1. The Morgan fingerprint density at radius 3 is 2.62 bits per heavy atom. The average Bonchev–Trinajstić information content (AvgIpc) is 3.23. The zero-order chi connectivity index (χ0) is 15.4. The molecule has 0 radical (unpaired) electrons. The number of esters is 1. The summed E-state index contributed by atoms with van der Waals surface area (Å²) in [5.41, 5.74) is 0.531. The van der Waals surface area contributed by atoms with Gasteiger partial charge in [0.15, 0.2) is 0 Å². The van der Waals surface area contributed by atoms with E-state index in [1.807, 2.05) is 0 Å². The highest BCUT2D eigenvalue weighted by atomic mass is 35.5. The SMILES string of the molecule is COC(=O)c1ccc(Cl)c(NC(=O)CC(=O)NC2CC2)c1. The number of hydrogen-bond donors (Lipinski definition) is 2. The number of halogens is 1. The van der Waals surface area contributed by atoms with Crippen molar-refractivity contribution < 1.29 is 19.1 Å². The molecule has 2 amide bonds. The van der Waals surface area contributed by atoms with E-state index in [-0.39, 0.29) is 34.6 Å². The van der Waals surface area contributed by atoms with E-state index in [0.717, 1.165) is 12.8 Å². The zero-order valence-corrected chi connectivity index (χ0v) is 12.2. The van der Waals surface area contributed by atoms with E-state index in [2.05, 4.69) is 15.4 Å². The summed E-state index contributed by atoms with van der Waals surface area (Å²) in [6.07, 6.45) is 1.63. The van der Waals surface area contributed by atoms with Crippen LogP contribution in [0.15, 0.2) is 18.2 Å². The number of carbonyl (C=O) groups excluding carboxylic acids is 3. The number of hydrogen-bond acceptors (Lipinski definition) is 4. The minimum atomic E-state index is -0.534. The summed E-state index contributed by atoms with van der Waals surface area (Å²) < 4.78 is 4.59. The van der Waals surface area contributed by atoms with Crippen LogP contribution < -0.4 is 10.6 Å². The summed E-state index contributed by atoms with van der Waals surface area (Å²) in [4.78, 5) is 34.7. The van der Waals surface area contributed by atoms with Gasteiger partial charge in [-0.25, -0.2) is 4.79 Å². The molecule has 0 spiro atoms. The van der Waals surface area contributed by atoms with Gasteiger partial charge in [-0.3, -0.25) is 9.59 Å². The Bertz CT molecular complexity index is 584. The second kappa shape index (κ2) is 6.58. The maximum Gasteiger partial charge on any atom is 0.337 e. The Kier molecular flexibility index (Phi) is 4.80. The van der Waals surface area contributed by atoms with Crippen LogP contribution in [0.25, 0.3) is 0 Å². The smallest absolute Gasteiger partial charge is 0.337 e. The molecule has 1 aliphatic carbocycles. The van der Waals surface area contributed by atoms with Crippen LogP contribution in [0.5, 0.6) is 0 Å². The largest absolute Gasteiger partial charge is 0.465 e. The lowest BCUT2D eigenvalue weighted by atomic mass is 10.2. The first-order valence-electron chi connectivity index (χ1n) is 6.46. The fourth-order valence-electron chi connectivity index (χ4n) is 1.71. The molecule has 21 heavy (non-hydrogen) atoms. The third kappa shape index (κ3) is 4.46. The molecule has 7 heteroatoms. The van der Waals surface area contributed by atoms with Crippen LogP contribution in [0.3, 0.4) is 0 Å². The maximum absolute atomic E-state index is 11.8. The Hall–Kier alpha value is -2.08. The van der Waals surface area contributed by atoms with Crippen molar-refractivity contribution in [1.82, 2.24) is 5.32 Å². The highest BCUT2D eigenvalue weighted by molar-refractivity contribution is 6.34. The Balaban J connectivity index is 1.98. The van der Waals surface area contributed by atoms with Crippen LogP contribution >= 0.6 is 11.6 Å². The molecule has 1 aliphatic rings. The van der Waals surface area contributed by atoms with Crippen LogP contribution in [0.2, 0.25) is 5.02 Å². The number of carbonyl (C=O) groups is 3. The normalized spacial score (nSPS) is 13.4. The molecule has 0 heterocycles. The van der Waals surface area contributed by atoms with E-state index in [1.165, 1.54) is 25.3 Å². The van der Waals surface area contributed by atoms with E-state index in [9.17, 15) is 14.4 Å². The first-order chi connectivity index (χ1) is 9.99. The van der Waals surface area contributed by atoms with Crippen molar-refractivity contribution in [2.24, 2.45) is 0 Å². The van der Waals surface area contributed by atoms with Crippen LogP contribution in [0.4, 0.5) is 5.69 Å². The minimum Gasteiger partial charge on any atom is -0.465 e. The van der Waals surface area contributed by atoms with E-state index in [1.54, 1.807) is 0 Å². The quantitative estimate of drug-likeness (QED) is 0.641. The van der Waals surface area contributed by atoms with E-state index in [0.29, 0.717) is 0 Å². The summed E-state index contributed by atoms with van der Waals surface area (Å²) in [5, 5.41) is 5.51. The zero-order valence-electron chi connectivity index (χ0n) is 11.4. The topological polar surface area (TPSA) is 84.5 Å². The third-order valence-corrected chi connectivity index (χ3v) is 3.25. The Labute approximate surface area is 126 Å². The van der Waals surface area contributed by atoms with Gasteiger partial charge in [0.2, 0.25) is 11.8 Å². The summed E-state index contributed by atoms with van der Waals surface area (Å²) in [6, 6.07) is 4.58. The highest BCUT2D eigenvalue weighted by Crippen LogP contribution is 2.24. The Morgan fingerprint density at radius 2 is 2.00 bits per heavy atom. The average molecular weight is 311 g/mol. The Morgan fingerprint density at radius 1 is 1.29 bits per heavy atom. The lowest BCUT2D eigenvalue weighted by molar-refractivity contribution is -0.126. The number of nitrogens with one attached hydrogen (secondary N) is 2. The second-order valence-electron chi connectivity index (χ2n) is 4.75. The molecule has 1 aromatic carbocycles. The standard InChI is InChI=1S/C14H15ClN2O4/c1-21-14(20)8-2-5-10(15)11(6-8)17-13(19)7-12(18)16-9-3-4-9/h2,5-6,9H,3-4,7H2,1H3,(H,16,18)(H,17,19). The number of amides is 2. The molecule has 2 N–H and O–H groups in total. The molecule has 0 unspecified atom stereocenters. The van der Waals surface area contributed by atoms with Gasteiger partial charge in [-0.2, -0.15) is 0 Å². The molecule has 0 aromatic heterocycles. The van der Waals surface area contributed by atoms with Crippen molar-refractivity contribution in [2.75, 3.05) is 12.4 Å². The van der Waals surface area contributed by atoms with Crippen LogP contribution in [0.1, 0.15) is 29.6 Å². The summed E-state index contributed by atoms with van der Waals surface area (Å²) in [7, 11) is 1.26. The first kappa shape index (κ1) is 15.3. The molecule has 6 nitrogen and oxygen atoms in total. The first-order valence-corrected chi connectivity index (χ1v) is 6.84. The summed E-state index contributed by atoms with van der Waals surface area (Å²) in [5.74, 6) is -1.35. The predicted octanol–water partition coefficient (Wildman–Crippen LogP) is 1.73. The monoisotopic (exact) mass is 310 g/mol. The van der Waals surface area contributed by atoms with E-state index >= 15 is 0 Å². The molecule has 0 bridgehead atoms. The van der Waals surface area contributed by atoms with Gasteiger partial charge in [0, 0.05) is 6.04 Å². The maximum atomic E-state index is 11.8. The molecule has 0 saturated heterocycles. The second-order valence-corrected chi connectivity index (χ2v) is 5.16. The fourth-order valence-corrected chi connectivity index (χ4v) is 1.88. The van der Waals surface area contributed by atoms with Crippen molar-refractivity contribution >= 4 is 35.1 Å². The molecular weight excluding hydrogens is 296 g/mol. The lowest BCUT2D eigenvalue weighted by Gasteiger charge is -2.09. The van der Waals surface area contributed by atoms with Crippen molar-refractivity contribution in [2.45, 2.75) is 25.3 Å². The van der Waals surface area contributed by atoms with Gasteiger partial charge in [-0.1, -0.05) is 11.6 Å². The molecule has 112 valence electrons. The van der Waals surface area contributed by atoms with Crippen molar-refractivity contribution in [3.8, 4) is 0 Å². The highest BCUT2D eigenvalue weighted by Gasteiger charge is 2.24. The summed E-state index contributed by atoms with van der Waals surface area (Å²) in [6.45, 7) is 0. The lowest BCUT2D eigenvalue weighted by Crippen LogP contribution is -2.29. The molecule has 1 saturated carbocycles. The van der Waals surface area contributed by atoms with E-state index in [4.69, 9.17) is 11.6 Å². The van der Waals surface area contributed by atoms with Crippen LogP contribution in [0, 0.1) is 0 Å². The van der Waals surface area contributed by atoms with Gasteiger partial charge in [0.25, 0.3) is 0 Å². The number of ether oxygens (including phenoxy) is 1. The van der Waals surface area contributed by atoms with Gasteiger partial charge in [-0.05, 0) is 31.0 Å².